The molecule has 0 aromatic heterocycles. The molecular formula is C6H9F. The Hall–Kier alpha value is -0.590. The van der Waals surface area contributed by atoms with E-state index in [4.69, 9.17) is 0 Å². The van der Waals surface area contributed by atoms with Gasteiger partial charge in [-0.1, -0.05) is 18.2 Å². The van der Waals surface area contributed by atoms with Gasteiger partial charge in [-0.05, 0) is 6.42 Å². The molecule has 0 unspecified atom stereocenters. The van der Waals surface area contributed by atoms with E-state index in [1.54, 1.807) is 12.2 Å². The normalized spacial score (nSPS) is 9.86. The first-order valence-corrected chi connectivity index (χ1v) is 2.23. The van der Waals surface area contributed by atoms with Crippen molar-refractivity contribution >= 4 is 0 Å². The highest BCUT2D eigenvalue weighted by Crippen LogP contribution is 1.81. The number of hydrogen-bond acceptors (Lipinski definition) is 0. The Morgan fingerprint density at radius 1 is 1.43 bits per heavy atom. The summed E-state index contributed by atoms with van der Waals surface area (Å²) < 4.78 is 11.2. The summed E-state index contributed by atoms with van der Waals surface area (Å²) in [6.07, 6.45) is 5.71. The molecule has 0 aliphatic carbocycles. The van der Waals surface area contributed by atoms with Crippen molar-refractivity contribution in [3.63, 3.8) is 0 Å². The smallest absolute Gasteiger partial charge is 0.108 e. The minimum absolute atomic E-state index is 0.367. The Labute approximate surface area is 43.4 Å². The van der Waals surface area contributed by atoms with Crippen molar-refractivity contribution < 1.29 is 4.39 Å². The Balaban J connectivity index is 2.92. The number of rotatable bonds is 3. The summed E-state index contributed by atoms with van der Waals surface area (Å²) in [4.78, 5) is 0. The van der Waals surface area contributed by atoms with Gasteiger partial charge in [0.25, 0.3) is 0 Å². The van der Waals surface area contributed by atoms with Crippen molar-refractivity contribution in [2.75, 3.05) is 6.67 Å². The van der Waals surface area contributed by atoms with Crippen LogP contribution in [0.5, 0.6) is 0 Å². The van der Waals surface area contributed by atoms with Crippen molar-refractivity contribution in [2.24, 2.45) is 0 Å². The van der Waals surface area contributed by atoms with Gasteiger partial charge in [-0.15, -0.1) is 6.58 Å². The third-order valence-corrected chi connectivity index (χ3v) is 0.559. The van der Waals surface area contributed by atoms with E-state index in [1.807, 2.05) is 0 Å². The molecule has 0 N–H and O–H groups in total. The summed E-state index contributed by atoms with van der Waals surface area (Å²) in [5.41, 5.74) is 0. The standard InChI is InChI=1S/C6H9F/c1-2-3-4-5-6-7/h2,4-5H,1,3,6H2/b5-4+. The Bertz CT molecular complexity index is 64.6. The summed E-state index contributed by atoms with van der Waals surface area (Å²) in [6.45, 7) is 3.09. The second kappa shape index (κ2) is 5.41. The molecular weight excluding hydrogens is 91.1 g/mol. The first kappa shape index (κ1) is 6.41. The van der Waals surface area contributed by atoms with Gasteiger partial charge in [-0.2, -0.15) is 0 Å². The van der Waals surface area contributed by atoms with Crippen molar-refractivity contribution in [2.45, 2.75) is 6.42 Å². The molecule has 0 fully saturated rings. The quantitative estimate of drug-likeness (QED) is 0.476. The second-order valence-electron chi connectivity index (χ2n) is 1.15. The molecule has 0 saturated carbocycles. The van der Waals surface area contributed by atoms with Crippen LogP contribution in [-0.2, 0) is 0 Å². The largest absolute Gasteiger partial charge is 0.247 e. The number of hydrogen-bond donors (Lipinski definition) is 0. The van der Waals surface area contributed by atoms with Gasteiger partial charge in [-0.25, -0.2) is 4.39 Å². The van der Waals surface area contributed by atoms with Gasteiger partial charge in [0.05, 0.1) is 0 Å². The maximum atomic E-state index is 11.2. The fraction of sp³-hybridized carbons (Fsp3) is 0.333. The summed E-state index contributed by atoms with van der Waals surface area (Å²) >= 11 is 0. The average Bonchev–Trinajstić information content (AvgIpc) is 1.69. The van der Waals surface area contributed by atoms with Gasteiger partial charge in [0.1, 0.15) is 6.67 Å². The Morgan fingerprint density at radius 2 is 2.14 bits per heavy atom. The van der Waals surface area contributed by atoms with Crippen LogP contribution in [0.1, 0.15) is 6.42 Å². The van der Waals surface area contributed by atoms with Crippen LogP contribution in [0, 0.1) is 0 Å². The fourth-order valence-electron chi connectivity index (χ4n) is 0.255. The van der Waals surface area contributed by atoms with Crippen molar-refractivity contribution in [1.29, 1.82) is 0 Å². The van der Waals surface area contributed by atoms with E-state index < -0.39 is 0 Å². The summed E-state index contributed by atoms with van der Waals surface area (Å²) in [5, 5.41) is 0. The zero-order valence-corrected chi connectivity index (χ0v) is 4.23. The highest BCUT2D eigenvalue weighted by Gasteiger charge is 1.65. The van der Waals surface area contributed by atoms with Gasteiger partial charge >= 0.3 is 0 Å². The molecule has 0 bridgehead atoms. The lowest BCUT2D eigenvalue weighted by Gasteiger charge is -1.73. The van der Waals surface area contributed by atoms with Crippen LogP contribution in [-0.4, -0.2) is 6.67 Å². The molecule has 0 amide bonds. The fourth-order valence-corrected chi connectivity index (χ4v) is 0.255. The van der Waals surface area contributed by atoms with Crippen LogP contribution in [0.4, 0.5) is 4.39 Å². The third kappa shape index (κ3) is 5.41. The van der Waals surface area contributed by atoms with Crippen LogP contribution in [0.15, 0.2) is 24.8 Å². The molecule has 7 heavy (non-hydrogen) atoms. The van der Waals surface area contributed by atoms with Crippen LogP contribution in [0.25, 0.3) is 0 Å². The molecule has 0 radical (unpaired) electrons. The van der Waals surface area contributed by atoms with Gasteiger partial charge < -0.3 is 0 Å². The Kier molecular flexibility index (Phi) is 4.95. The van der Waals surface area contributed by atoms with Crippen molar-refractivity contribution in [1.82, 2.24) is 0 Å². The van der Waals surface area contributed by atoms with E-state index in [9.17, 15) is 4.39 Å². The number of allylic oxidation sites excluding steroid dienone is 3. The third-order valence-electron chi connectivity index (χ3n) is 0.559. The highest BCUT2D eigenvalue weighted by atomic mass is 19.1. The van der Waals surface area contributed by atoms with E-state index >= 15 is 0 Å². The lowest BCUT2D eigenvalue weighted by atomic mass is 10.4. The summed E-state index contributed by atoms with van der Waals surface area (Å²) in [7, 11) is 0. The monoisotopic (exact) mass is 100 g/mol. The van der Waals surface area contributed by atoms with E-state index in [0.29, 0.717) is 0 Å². The van der Waals surface area contributed by atoms with E-state index in [0.717, 1.165) is 6.42 Å². The maximum Gasteiger partial charge on any atom is 0.108 e. The molecule has 0 rings (SSSR count). The molecule has 0 heterocycles. The van der Waals surface area contributed by atoms with Crippen LogP contribution in [0.3, 0.4) is 0 Å². The molecule has 40 valence electrons. The van der Waals surface area contributed by atoms with Crippen LogP contribution >= 0.6 is 0 Å². The number of alkyl halides is 1. The SMILES string of the molecule is C=CC/C=C/CF. The molecule has 0 aromatic rings. The van der Waals surface area contributed by atoms with Crippen molar-refractivity contribution in [3.8, 4) is 0 Å². The number of halogens is 1. The van der Waals surface area contributed by atoms with Gasteiger partial charge in [0.15, 0.2) is 0 Å². The molecule has 0 aliphatic rings. The van der Waals surface area contributed by atoms with Crippen LogP contribution in [0.2, 0.25) is 0 Å². The zero-order valence-electron chi connectivity index (χ0n) is 4.23. The maximum absolute atomic E-state index is 11.2. The lowest BCUT2D eigenvalue weighted by Crippen LogP contribution is -1.59. The highest BCUT2D eigenvalue weighted by molar-refractivity contribution is 4.87. The molecule has 0 aromatic carbocycles. The predicted molar refractivity (Wildman–Crippen MR) is 29.9 cm³/mol. The molecule has 1 heteroatoms. The van der Waals surface area contributed by atoms with E-state index in [1.165, 1.54) is 6.08 Å². The van der Waals surface area contributed by atoms with Gasteiger partial charge in [0, 0.05) is 0 Å². The minimum atomic E-state index is -0.367. The van der Waals surface area contributed by atoms with Crippen molar-refractivity contribution in [3.05, 3.63) is 24.8 Å². The topological polar surface area (TPSA) is 0 Å². The van der Waals surface area contributed by atoms with Gasteiger partial charge in [-0.3, -0.25) is 0 Å². The molecule has 0 nitrogen and oxygen atoms in total. The molecule has 0 spiro atoms. The first-order valence-electron chi connectivity index (χ1n) is 2.23. The lowest BCUT2D eigenvalue weighted by molar-refractivity contribution is 0.561. The Morgan fingerprint density at radius 3 is 2.57 bits per heavy atom. The summed E-state index contributed by atoms with van der Waals surface area (Å²) in [5.74, 6) is 0. The van der Waals surface area contributed by atoms with Gasteiger partial charge in [0.2, 0.25) is 0 Å². The predicted octanol–water partition coefficient (Wildman–Crippen LogP) is 2.09. The second-order valence-corrected chi connectivity index (χ2v) is 1.15. The summed E-state index contributed by atoms with van der Waals surface area (Å²) in [6, 6.07) is 0. The minimum Gasteiger partial charge on any atom is -0.247 e. The van der Waals surface area contributed by atoms with Crippen LogP contribution < -0.4 is 0 Å². The molecule has 0 atom stereocenters. The first-order chi connectivity index (χ1) is 3.41. The van der Waals surface area contributed by atoms with E-state index in [-0.39, 0.29) is 6.67 Å². The molecule has 0 aliphatic heterocycles. The molecule has 0 saturated heterocycles. The van der Waals surface area contributed by atoms with E-state index in [2.05, 4.69) is 6.58 Å². The average molecular weight is 100 g/mol. The zero-order chi connectivity index (χ0) is 5.54.